The average Bonchev–Trinajstić information content (AvgIpc) is 3.23. The van der Waals surface area contributed by atoms with Gasteiger partial charge in [-0.15, -0.1) is 0 Å². The molecule has 29 heavy (non-hydrogen) atoms. The number of nitrogens with zero attached hydrogens (tertiary/aromatic N) is 3. The van der Waals surface area contributed by atoms with Crippen molar-refractivity contribution in [2.24, 2.45) is 0 Å². The van der Waals surface area contributed by atoms with Gasteiger partial charge in [0.2, 0.25) is 0 Å². The third-order valence-electron chi connectivity index (χ3n) is 4.65. The number of carbonyl (C=O) groups excluding carboxylic acids is 1. The van der Waals surface area contributed by atoms with Gasteiger partial charge in [-0.2, -0.15) is 5.10 Å². The fraction of sp³-hybridized carbons (Fsp3) is 0.190. The van der Waals surface area contributed by atoms with E-state index in [9.17, 15) is 4.79 Å². The van der Waals surface area contributed by atoms with E-state index in [1.165, 1.54) is 0 Å². The summed E-state index contributed by atoms with van der Waals surface area (Å²) in [5, 5.41) is 14.9. The lowest BCUT2D eigenvalue weighted by molar-refractivity contribution is 0.262. The number of aryl methyl sites for hydroxylation is 2. The number of rotatable bonds is 5. The molecule has 4 rings (SSSR count). The van der Waals surface area contributed by atoms with Crippen LogP contribution >= 0.6 is 0 Å². The lowest BCUT2D eigenvalue weighted by Gasteiger charge is -2.06. The number of amides is 2. The van der Waals surface area contributed by atoms with Crippen molar-refractivity contribution in [2.45, 2.75) is 20.4 Å². The maximum Gasteiger partial charge on any atom is 0.325 e. The molecular formula is C21H21N5O3. The van der Waals surface area contributed by atoms with E-state index in [4.69, 9.17) is 9.26 Å². The van der Waals surface area contributed by atoms with Crippen molar-refractivity contribution in [3.63, 3.8) is 0 Å². The van der Waals surface area contributed by atoms with Crippen LogP contribution in [0.3, 0.4) is 0 Å². The first-order valence-corrected chi connectivity index (χ1v) is 9.14. The molecule has 2 aromatic carbocycles. The predicted octanol–water partition coefficient (Wildman–Crippen LogP) is 4.34. The van der Waals surface area contributed by atoms with Gasteiger partial charge in [-0.25, -0.2) is 4.79 Å². The fourth-order valence-corrected chi connectivity index (χ4v) is 3.16. The van der Waals surface area contributed by atoms with Crippen molar-refractivity contribution in [2.75, 3.05) is 17.7 Å². The molecule has 0 saturated carbocycles. The van der Waals surface area contributed by atoms with Gasteiger partial charge >= 0.3 is 6.03 Å². The first-order chi connectivity index (χ1) is 14.0. The van der Waals surface area contributed by atoms with Crippen LogP contribution in [-0.2, 0) is 6.54 Å². The molecular weight excluding hydrogens is 370 g/mol. The highest BCUT2D eigenvalue weighted by Gasteiger charge is 2.16. The van der Waals surface area contributed by atoms with E-state index < -0.39 is 6.03 Å². The molecule has 0 spiro atoms. The normalized spacial score (nSPS) is 10.9. The van der Waals surface area contributed by atoms with Gasteiger partial charge in [-0.3, -0.25) is 10.00 Å². The van der Waals surface area contributed by atoms with Crippen LogP contribution in [0.1, 0.15) is 17.0 Å². The van der Waals surface area contributed by atoms with Crippen molar-refractivity contribution in [3.05, 3.63) is 65.5 Å². The molecule has 0 unspecified atom stereocenters. The maximum atomic E-state index is 12.5. The van der Waals surface area contributed by atoms with Crippen LogP contribution in [0.15, 0.2) is 53.1 Å². The second-order valence-corrected chi connectivity index (χ2v) is 6.65. The van der Waals surface area contributed by atoms with Crippen molar-refractivity contribution in [1.82, 2.24) is 14.9 Å². The zero-order valence-corrected chi connectivity index (χ0v) is 16.4. The molecule has 0 aliphatic rings. The Labute approximate surface area is 167 Å². The Morgan fingerprint density at radius 1 is 1.10 bits per heavy atom. The van der Waals surface area contributed by atoms with Crippen molar-refractivity contribution < 1.29 is 14.1 Å². The van der Waals surface area contributed by atoms with E-state index in [-0.39, 0.29) is 0 Å². The SMILES string of the molecule is COc1ccc(Cn2nc(NC(=O)Nc3c(C)noc3C)c3ccccc32)cc1. The van der Waals surface area contributed by atoms with Gasteiger partial charge in [0.05, 0.1) is 19.2 Å². The van der Waals surface area contributed by atoms with E-state index in [0.717, 1.165) is 22.2 Å². The number of benzene rings is 2. The fourth-order valence-electron chi connectivity index (χ4n) is 3.16. The van der Waals surface area contributed by atoms with Gasteiger partial charge in [0, 0.05) is 5.39 Å². The van der Waals surface area contributed by atoms with Gasteiger partial charge in [0.15, 0.2) is 11.6 Å². The number of methoxy groups -OCH3 is 1. The second-order valence-electron chi connectivity index (χ2n) is 6.65. The molecule has 8 nitrogen and oxygen atoms in total. The minimum Gasteiger partial charge on any atom is -0.497 e. The lowest BCUT2D eigenvalue weighted by Crippen LogP contribution is -2.20. The smallest absolute Gasteiger partial charge is 0.325 e. The number of aromatic nitrogens is 3. The van der Waals surface area contributed by atoms with Gasteiger partial charge in [0.1, 0.15) is 17.1 Å². The second kappa shape index (κ2) is 7.67. The van der Waals surface area contributed by atoms with Gasteiger partial charge in [-0.05, 0) is 43.7 Å². The number of fused-ring (bicyclic) bond motifs is 1. The molecule has 0 saturated heterocycles. The summed E-state index contributed by atoms with van der Waals surface area (Å²) < 4.78 is 12.2. The number of ether oxygens (including phenoxy) is 1. The van der Waals surface area contributed by atoms with E-state index in [2.05, 4.69) is 20.9 Å². The highest BCUT2D eigenvalue weighted by atomic mass is 16.5. The van der Waals surface area contributed by atoms with Crippen molar-refractivity contribution in [3.8, 4) is 5.75 Å². The molecule has 4 aromatic rings. The Hall–Kier alpha value is -3.81. The first kappa shape index (κ1) is 18.5. The van der Waals surface area contributed by atoms with E-state index in [1.54, 1.807) is 21.0 Å². The number of carbonyl (C=O) groups is 1. The molecule has 0 atom stereocenters. The number of urea groups is 1. The molecule has 0 fully saturated rings. The molecule has 0 radical (unpaired) electrons. The number of hydrogen-bond acceptors (Lipinski definition) is 5. The zero-order chi connectivity index (χ0) is 20.4. The largest absolute Gasteiger partial charge is 0.497 e. The Bertz CT molecular complexity index is 1140. The highest BCUT2D eigenvalue weighted by molar-refractivity contribution is 6.05. The van der Waals surface area contributed by atoms with E-state index in [1.807, 2.05) is 53.2 Å². The minimum atomic E-state index is -0.403. The lowest BCUT2D eigenvalue weighted by atomic mass is 10.2. The van der Waals surface area contributed by atoms with Crippen LogP contribution in [0, 0.1) is 13.8 Å². The number of hydrogen-bond donors (Lipinski definition) is 2. The molecule has 0 aliphatic carbocycles. The predicted molar refractivity (Wildman–Crippen MR) is 110 cm³/mol. The summed E-state index contributed by atoms with van der Waals surface area (Å²) >= 11 is 0. The van der Waals surface area contributed by atoms with Crippen LogP contribution in [0.25, 0.3) is 10.9 Å². The summed E-state index contributed by atoms with van der Waals surface area (Å²) in [6.45, 7) is 4.08. The number of anilines is 2. The molecule has 2 amide bonds. The summed E-state index contributed by atoms with van der Waals surface area (Å²) in [7, 11) is 1.64. The van der Waals surface area contributed by atoms with Crippen LogP contribution < -0.4 is 15.4 Å². The maximum absolute atomic E-state index is 12.5. The molecule has 2 aromatic heterocycles. The zero-order valence-electron chi connectivity index (χ0n) is 16.4. The summed E-state index contributed by atoms with van der Waals surface area (Å²) in [5.74, 6) is 1.84. The van der Waals surface area contributed by atoms with Crippen LogP contribution in [0.4, 0.5) is 16.3 Å². The number of para-hydroxylation sites is 1. The van der Waals surface area contributed by atoms with Crippen LogP contribution in [-0.4, -0.2) is 28.1 Å². The van der Waals surface area contributed by atoms with E-state index in [0.29, 0.717) is 29.5 Å². The Balaban J connectivity index is 1.59. The van der Waals surface area contributed by atoms with Gasteiger partial charge in [-0.1, -0.05) is 29.4 Å². The van der Waals surface area contributed by atoms with E-state index >= 15 is 0 Å². The van der Waals surface area contributed by atoms with Crippen LogP contribution in [0.2, 0.25) is 0 Å². The van der Waals surface area contributed by atoms with Gasteiger partial charge in [0.25, 0.3) is 0 Å². The minimum absolute atomic E-state index is 0.403. The molecule has 0 aliphatic heterocycles. The Morgan fingerprint density at radius 3 is 2.55 bits per heavy atom. The third kappa shape index (κ3) is 3.77. The molecule has 2 N–H and O–H groups in total. The average molecular weight is 391 g/mol. The van der Waals surface area contributed by atoms with Crippen LogP contribution in [0.5, 0.6) is 5.75 Å². The van der Waals surface area contributed by atoms with Crippen molar-refractivity contribution in [1.29, 1.82) is 0 Å². The standard InChI is InChI=1S/C21H21N5O3/c1-13-19(14(2)29-25-13)22-21(27)23-20-17-6-4-5-7-18(17)26(24-20)12-15-8-10-16(28-3)11-9-15/h4-11H,12H2,1-3H3,(H2,22,23,24,27). The Morgan fingerprint density at radius 2 is 1.86 bits per heavy atom. The summed E-state index contributed by atoms with van der Waals surface area (Å²) in [5.41, 5.74) is 3.18. The monoisotopic (exact) mass is 391 g/mol. The van der Waals surface area contributed by atoms with Gasteiger partial charge < -0.3 is 14.6 Å². The first-order valence-electron chi connectivity index (χ1n) is 9.14. The highest BCUT2D eigenvalue weighted by Crippen LogP contribution is 2.25. The quantitative estimate of drug-likeness (QED) is 0.528. The summed E-state index contributed by atoms with van der Waals surface area (Å²) in [4.78, 5) is 12.5. The van der Waals surface area contributed by atoms with Crippen molar-refractivity contribution >= 4 is 28.4 Å². The molecule has 0 bridgehead atoms. The molecule has 148 valence electrons. The Kier molecular flexibility index (Phi) is 4.90. The molecule has 2 heterocycles. The summed E-state index contributed by atoms with van der Waals surface area (Å²) in [6, 6.07) is 15.2. The number of nitrogens with one attached hydrogen (secondary N) is 2. The third-order valence-corrected chi connectivity index (χ3v) is 4.65. The molecule has 8 heteroatoms. The topological polar surface area (TPSA) is 94.2 Å². The summed E-state index contributed by atoms with van der Waals surface area (Å²) in [6.07, 6.45) is 0.